The predicted octanol–water partition coefficient (Wildman–Crippen LogP) is -0.862. The lowest BCUT2D eigenvalue weighted by atomic mass is 10.2. The Morgan fingerprint density at radius 1 is 1.50 bits per heavy atom. The van der Waals surface area contributed by atoms with Crippen LogP contribution in [0.3, 0.4) is 0 Å². The van der Waals surface area contributed by atoms with Gasteiger partial charge in [-0.25, -0.2) is 0 Å². The van der Waals surface area contributed by atoms with E-state index >= 15 is 0 Å². The van der Waals surface area contributed by atoms with Gasteiger partial charge in [0.2, 0.25) is 0 Å². The van der Waals surface area contributed by atoms with E-state index in [1.165, 1.54) is 6.92 Å². The van der Waals surface area contributed by atoms with E-state index in [9.17, 15) is 4.79 Å². The lowest BCUT2D eigenvalue weighted by Crippen LogP contribution is -2.46. The van der Waals surface area contributed by atoms with Gasteiger partial charge >= 0.3 is 5.97 Å². The highest BCUT2D eigenvalue weighted by Gasteiger charge is 2.19. The minimum absolute atomic E-state index is 0.409. The van der Waals surface area contributed by atoms with Crippen molar-refractivity contribution in [3.05, 3.63) is 0 Å². The average Bonchev–Trinajstić information content (AvgIpc) is 1.98. The Kier molecular flexibility index (Phi) is 4.80. The predicted molar refractivity (Wildman–Crippen MR) is 42.5 cm³/mol. The third kappa shape index (κ3) is 3.66. The molecule has 0 fully saturated rings. The molecular formula is C7H15NO4. The molecule has 5 heteroatoms. The first-order chi connectivity index (χ1) is 5.49. The van der Waals surface area contributed by atoms with E-state index in [0.29, 0.717) is 6.42 Å². The number of carboxylic acids is 1. The van der Waals surface area contributed by atoms with Crippen LogP contribution in [0.15, 0.2) is 0 Å². The van der Waals surface area contributed by atoms with Crippen LogP contribution in [0.2, 0.25) is 0 Å². The number of nitrogens with one attached hydrogen (secondary N) is 1. The maximum Gasteiger partial charge on any atom is 0.320 e. The molecule has 0 saturated carbocycles. The van der Waals surface area contributed by atoms with Gasteiger partial charge < -0.3 is 15.3 Å². The van der Waals surface area contributed by atoms with Crippen LogP contribution in [0.25, 0.3) is 0 Å². The molecule has 12 heavy (non-hydrogen) atoms. The Morgan fingerprint density at radius 3 is 2.25 bits per heavy atom. The third-order valence-electron chi connectivity index (χ3n) is 1.62. The molecule has 0 saturated heterocycles. The number of hydrogen-bond acceptors (Lipinski definition) is 4. The summed E-state index contributed by atoms with van der Waals surface area (Å²) >= 11 is 0. The number of aliphatic hydroxyl groups is 2. The van der Waals surface area contributed by atoms with Gasteiger partial charge in [-0.05, 0) is 13.3 Å². The smallest absolute Gasteiger partial charge is 0.320 e. The number of rotatable bonds is 5. The maximum absolute atomic E-state index is 10.5. The number of carbonyl (C=O) groups is 1. The summed E-state index contributed by atoms with van der Waals surface area (Å²) in [5.74, 6) is -0.981. The van der Waals surface area contributed by atoms with E-state index in [-0.39, 0.29) is 0 Å². The number of hydrogen-bond donors (Lipinski definition) is 4. The highest BCUT2D eigenvalue weighted by molar-refractivity contribution is 5.73. The van der Waals surface area contributed by atoms with E-state index in [2.05, 4.69) is 5.32 Å². The van der Waals surface area contributed by atoms with Crippen molar-refractivity contribution >= 4 is 5.97 Å². The lowest BCUT2D eigenvalue weighted by molar-refractivity contribution is -0.140. The van der Waals surface area contributed by atoms with Crippen LogP contribution < -0.4 is 5.32 Å². The molecule has 0 aliphatic carbocycles. The maximum atomic E-state index is 10.5. The van der Waals surface area contributed by atoms with Gasteiger partial charge in [-0.1, -0.05) is 6.92 Å². The van der Waals surface area contributed by atoms with Crippen molar-refractivity contribution in [2.24, 2.45) is 0 Å². The molecule has 2 atom stereocenters. The Balaban J connectivity index is 3.94. The molecule has 0 aliphatic rings. The SMILES string of the molecule is CC[C@@H](N[C@@H](C)C(O)O)C(=O)O. The summed E-state index contributed by atoms with van der Waals surface area (Å²) in [6.07, 6.45) is -1.12. The van der Waals surface area contributed by atoms with Crippen LogP contribution in [-0.2, 0) is 4.79 Å². The Morgan fingerprint density at radius 2 is 2.00 bits per heavy atom. The first-order valence-electron chi connectivity index (χ1n) is 3.84. The molecular weight excluding hydrogens is 162 g/mol. The second kappa shape index (κ2) is 5.08. The molecule has 72 valence electrons. The minimum atomic E-state index is -1.53. The second-order valence-corrected chi connectivity index (χ2v) is 2.67. The topological polar surface area (TPSA) is 89.8 Å². The first kappa shape index (κ1) is 11.4. The van der Waals surface area contributed by atoms with E-state index in [0.717, 1.165) is 0 Å². The fourth-order valence-electron chi connectivity index (χ4n) is 0.767. The van der Waals surface area contributed by atoms with Crippen LogP contribution in [-0.4, -0.2) is 39.7 Å². The van der Waals surface area contributed by atoms with Crippen molar-refractivity contribution in [2.45, 2.75) is 38.6 Å². The molecule has 0 heterocycles. The monoisotopic (exact) mass is 177 g/mol. The summed E-state index contributed by atoms with van der Waals surface area (Å²) in [5.41, 5.74) is 0. The molecule has 0 aliphatic heterocycles. The van der Waals surface area contributed by atoms with E-state index in [4.69, 9.17) is 15.3 Å². The first-order valence-corrected chi connectivity index (χ1v) is 3.84. The van der Waals surface area contributed by atoms with Crippen LogP contribution in [0.4, 0.5) is 0 Å². The van der Waals surface area contributed by atoms with Gasteiger partial charge in [0.05, 0.1) is 6.04 Å². The molecule has 0 aromatic rings. The second-order valence-electron chi connectivity index (χ2n) is 2.67. The van der Waals surface area contributed by atoms with Crippen LogP contribution in [0.1, 0.15) is 20.3 Å². The van der Waals surface area contributed by atoms with Crippen molar-refractivity contribution in [1.82, 2.24) is 5.32 Å². The summed E-state index contributed by atoms with van der Waals surface area (Å²) in [7, 11) is 0. The van der Waals surface area contributed by atoms with Crippen LogP contribution in [0.5, 0.6) is 0 Å². The van der Waals surface area contributed by atoms with Gasteiger partial charge in [0, 0.05) is 0 Å². The molecule has 0 rings (SSSR count). The number of aliphatic carboxylic acids is 1. The third-order valence-corrected chi connectivity index (χ3v) is 1.62. The van der Waals surface area contributed by atoms with Crippen molar-refractivity contribution in [3.8, 4) is 0 Å². The Hall–Kier alpha value is -0.650. The van der Waals surface area contributed by atoms with Crippen molar-refractivity contribution in [2.75, 3.05) is 0 Å². The Bertz CT molecular complexity index is 148. The molecule has 4 N–H and O–H groups in total. The van der Waals surface area contributed by atoms with Crippen molar-refractivity contribution < 1.29 is 20.1 Å². The average molecular weight is 177 g/mol. The summed E-state index contributed by atoms with van der Waals surface area (Å²) in [6, 6.07) is -1.35. The molecule has 0 bridgehead atoms. The molecule has 0 aromatic heterocycles. The zero-order chi connectivity index (χ0) is 9.72. The van der Waals surface area contributed by atoms with Gasteiger partial charge in [-0.15, -0.1) is 0 Å². The summed E-state index contributed by atoms with van der Waals surface area (Å²) in [5, 5.41) is 28.4. The molecule has 0 spiro atoms. The number of carboxylic acid groups (broad SMARTS) is 1. The largest absolute Gasteiger partial charge is 0.480 e. The molecule has 5 nitrogen and oxygen atoms in total. The summed E-state index contributed by atoms with van der Waals surface area (Å²) in [6.45, 7) is 3.22. The van der Waals surface area contributed by atoms with Gasteiger partial charge in [-0.3, -0.25) is 10.1 Å². The van der Waals surface area contributed by atoms with E-state index < -0.39 is 24.3 Å². The quantitative estimate of drug-likeness (QED) is 0.410. The Labute approximate surface area is 71.0 Å². The van der Waals surface area contributed by atoms with Gasteiger partial charge in [0.15, 0.2) is 6.29 Å². The van der Waals surface area contributed by atoms with Gasteiger partial charge in [0.25, 0.3) is 0 Å². The van der Waals surface area contributed by atoms with Crippen molar-refractivity contribution in [1.29, 1.82) is 0 Å². The van der Waals surface area contributed by atoms with E-state index in [1.807, 2.05) is 0 Å². The molecule has 0 radical (unpaired) electrons. The minimum Gasteiger partial charge on any atom is -0.480 e. The summed E-state index contributed by atoms with van der Waals surface area (Å²) in [4.78, 5) is 10.5. The zero-order valence-corrected chi connectivity index (χ0v) is 7.19. The van der Waals surface area contributed by atoms with Gasteiger partial charge in [0.1, 0.15) is 6.04 Å². The number of aliphatic hydroxyl groups excluding tert-OH is 1. The molecule has 0 aromatic carbocycles. The van der Waals surface area contributed by atoms with Crippen molar-refractivity contribution in [3.63, 3.8) is 0 Å². The molecule has 0 amide bonds. The lowest BCUT2D eigenvalue weighted by Gasteiger charge is -2.19. The van der Waals surface area contributed by atoms with Crippen LogP contribution in [0, 0.1) is 0 Å². The van der Waals surface area contributed by atoms with E-state index in [1.54, 1.807) is 6.92 Å². The zero-order valence-electron chi connectivity index (χ0n) is 7.19. The fourth-order valence-corrected chi connectivity index (χ4v) is 0.767. The standard InChI is InChI=1S/C7H15NO4/c1-3-5(7(11)12)8-4(2)6(9)10/h4-6,8-10H,3H2,1-2H3,(H,11,12)/t4-,5+/m0/s1. The summed E-state index contributed by atoms with van der Waals surface area (Å²) < 4.78 is 0. The molecule has 0 unspecified atom stereocenters. The highest BCUT2D eigenvalue weighted by atomic mass is 16.5. The normalized spacial score (nSPS) is 16.1. The fraction of sp³-hybridized carbons (Fsp3) is 0.857. The highest BCUT2D eigenvalue weighted by Crippen LogP contribution is 1.96. The van der Waals surface area contributed by atoms with Gasteiger partial charge in [-0.2, -0.15) is 0 Å². The van der Waals surface area contributed by atoms with Crippen LogP contribution >= 0.6 is 0 Å².